The standard InChI is InChI=1S/C13H15NOS/c1-3-10-4-6-11(7-5-10)13-9(2)14-12(8-15)16-13/h4-7,15H,3,8H2,1-2H3. The molecule has 2 nitrogen and oxygen atoms in total. The van der Waals surface area contributed by atoms with Crippen LogP contribution in [-0.4, -0.2) is 10.1 Å². The number of hydrogen-bond acceptors (Lipinski definition) is 3. The number of benzene rings is 1. The number of nitrogens with zero attached hydrogens (tertiary/aromatic N) is 1. The van der Waals surface area contributed by atoms with Crippen molar-refractivity contribution in [3.8, 4) is 10.4 Å². The van der Waals surface area contributed by atoms with E-state index in [0.717, 1.165) is 22.0 Å². The molecule has 0 saturated heterocycles. The lowest BCUT2D eigenvalue weighted by Crippen LogP contribution is -1.82. The number of aryl methyl sites for hydroxylation is 2. The maximum atomic E-state index is 9.05. The number of aliphatic hydroxyl groups is 1. The van der Waals surface area contributed by atoms with Gasteiger partial charge in [-0.05, 0) is 24.5 Å². The Morgan fingerprint density at radius 3 is 2.44 bits per heavy atom. The zero-order valence-corrected chi connectivity index (χ0v) is 10.3. The first-order chi connectivity index (χ1) is 7.74. The SMILES string of the molecule is CCc1ccc(-c2sc(CO)nc2C)cc1. The summed E-state index contributed by atoms with van der Waals surface area (Å²) < 4.78 is 0. The van der Waals surface area contributed by atoms with Crippen molar-refractivity contribution < 1.29 is 5.11 Å². The maximum absolute atomic E-state index is 9.05. The largest absolute Gasteiger partial charge is 0.389 e. The van der Waals surface area contributed by atoms with Crippen LogP contribution in [0.15, 0.2) is 24.3 Å². The lowest BCUT2D eigenvalue weighted by Gasteiger charge is -2.00. The molecule has 0 radical (unpaired) electrons. The highest BCUT2D eigenvalue weighted by Gasteiger charge is 2.08. The molecule has 3 heteroatoms. The van der Waals surface area contributed by atoms with E-state index in [4.69, 9.17) is 5.11 Å². The first-order valence-electron chi connectivity index (χ1n) is 5.41. The third kappa shape index (κ3) is 2.15. The van der Waals surface area contributed by atoms with Crippen LogP contribution in [0.3, 0.4) is 0 Å². The van der Waals surface area contributed by atoms with E-state index in [1.54, 1.807) is 11.3 Å². The fraction of sp³-hybridized carbons (Fsp3) is 0.308. The normalized spacial score (nSPS) is 10.7. The van der Waals surface area contributed by atoms with E-state index >= 15 is 0 Å². The van der Waals surface area contributed by atoms with Crippen LogP contribution in [0.1, 0.15) is 23.2 Å². The average molecular weight is 233 g/mol. The van der Waals surface area contributed by atoms with Gasteiger partial charge in [0, 0.05) is 0 Å². The Morgan fingerprint density at radius 2 is 1.94 bits per heavy atom. The molecule has 0 aliphatic carbocycles. The van der Waals surface area contributed by atoms with Gasteiger partial charge in [-0.3, -0.25) is 0 Å². The van der Waals surface area contributed by atoms with Gasteiger partial charge >= 0.3 is 0 Å². The molecule has 1 aromatic heterocycles. The van der Waals surface area contributed by atoms with Gasteiger partial charge in [-0.25, -0.2) is 4.98 Å². The number of thiazole rings is 1. The highest BCUT2D eigenvalue weighted by atomic mass is 32.1. The van der Waals surface area contributed by atoms with E-state index < -0.39 is 0 Å². The molecule has 0 atom stereocenters. The highest BCUT2D eigenvalue weighted by Crippen LogP contribution is 2.30. The lowest BCUT2D eigenvalue weighted by atomic mass is 10.1. The van der Waals surface area contributed by atoms with Crippen LogP contribution < -0.4 is 0 Å². The molecule has 0 aliphatic heterocycles. The van der Waals surface area contributed by atoms with Crippen molar-refractivity contribution in [1.29, 1.82) is 0 Å². The van der Waals surface area contributed by atoms with Crippen LogP contribution in [0.4, 0.5) is 0 Å². The molecule has 2 aromatic rings. The van der Waals surface area contributed by atoms with Gasteiger partial charge in [0.25, 0.3) is 0 Å². The van der Waals surface area contributed by atoms with Crippen molar-refractivity contribution in [2.75, 3.05) is 0 Å². The fourth-order valence-electron chi connectivity index (χ4n) is 1.68. The zero-order chi connectivity index (χ0) is 11.5. The van der Waals surface area contributed by atoms with Crippen molar-refractivity contribution in [3.05, 3.63) is 40.5 Å². The highest BCUT2D eigenvalue weighted by molar-refractivity contribution is 7.15. The fourth-order valence-corrected chi connectivity index (χ4v) is 2.61. The monoisotopic (exact) mass is 233 g/mol. The third-order valence-corrected chi connectivity index (χ3v) is 3.79. The summed E-state index contributed by atoms with van der Waals surface area (Å²) in [6.45, 7) is 4.16. The Labute approximate surface area is 99.6 Å². The Bertz CT molecular complexity index is 473. The quantitative estimate of drug-likeness (QED) is 0.883. The molecular weight excluding hydrogens is 218 g/mol. The molecule has 0 unspecified atom stereocenters. The summed E-state index contributed by atoms with van der Waals surface area (Å²) in [6, 6.07) is 8.54. The summed E-state index contributed by atoms with van der Waals surface area (Å²) >= 11 is 1.56. The van der Waals surface area contributed by atoms with E-state index in [0.29, 0.717) is 0 Å². The molecular formula is C13H15NOS. The number of aromatic nitrogens is 1. The Hall–Kier alpha value is -1.19. The zero-order valence-electron chi connectivity index (χ0n) is 9.53. The van der Waals surface area contributed by atoms with E-state index in [1.807, 2.05) is 6.92 Å². The Balaban J connectivity index is 2.38. The van der Waals surface area contributed by atoms with Gasteiger partial charge in [0.2, 0.25) is 0 Å². The predicted molar refractivity (Wildman–Crippen MR) is 67.6 cm³/mol. The van der Waals surface area contributed by atoms with Gasteiger partial charge in [-0.15, -0.1) is 11.3 Å². The molecule has 0 fully saturated rings. The summed E-state index contributed by atoms with van der Waals surface area (Å²) in [5.74, 6) is 0. The third-order valence-electron chi connectivity index (χ3n) is 2.60. The van der Waals surface area contributed by atoms with Gasteiger partial charge in [0.1, 0.15) is 5.01 Å². The molecule has 2 rings (SSSR count). The van der Waals surface area contributed by atoms with Crippen LogP contribution in [0.2, 0.25) is 0 Å². The van der Waals surface area contributed by atoms with E-state index in [2.05, 4.69) is 36.2 Å². The molecule has 0 spiro atoms. The topological polar surface area (TPSA) is 33.1 Å². The minimum absolute atomic E-state index is 0.0263. The molecule has 1 heterocycles. The van der Waals surface area contributed by atoms with Crippen molar-refractivity contribution in [2.24, 2.45) is 0 Å². The summed E-state index contributed by atoms with van der Waals surface area (Å²) in [5, 5.41) is 9.84. The molecule has 1 aromatic carbocycles. The second kappa shape index (κ2) is 4.76. The van der Waals surface area contributed by atoms with Crippen LogP contribution in [-0.2, 0) is 13.0 Å². The van der Waals surface area contributed by atoms with E-state index in [-0.39, 0.29) is 6.61 Å². The van der Waals surface area contributed by atoms with Crippen LogP contribution in [0.25, 0.3) is 10.4 Å². The molecule has 16 heavy (non-hydrogen) atoms. The molecule has 0 aliphatic rings. The van der Waals surface area contributed by atoms with Crippen molar-refractivity contribution in [3.63, 3.8) is 0 Å². The minimum atomic E-state index is 0.0263. The summed E-state index contributed by atoms with van der Waals surface area (Å²) in [6.07, 6.45) is 1.06. The van der Waals surface area contributed by atoms with Crippen LogP contribution >= 0.6 is 11.3 Å². The predicted octanol–water partition coefficient (Wildman–Crippen LogP) is 3.17. The van der Waals surface area contributed by atoms with Crippen molar-refractivity contribution >= 4 is 11.3 Å². The van der Waals surface area contributed by atoms with Crippen LogP contribution in [0.5, 0.6) is 0 Å². The van der Waals surface area contributed by atoms with Gasteiger partial charge in [-0.2, -0.15) is 0 Å². The Kier molecular flexibility index (Phi) is 3.36. The van der Waals surface area contributed by atoms with E-state index in [1.165, 1.54) is 11.1 Å². The first-order valence-corrected chi connectivity index (χ1v) is 6.22. The van der Waals surface area contributed by atoms with Gasteiger partial charge in [-0.1, -0.05) is 31.2 Å². The second-order valence-corrected chi connectivity index (χ2v) is 4.81. The second-order valence-electron chi connectivity index (χ2n) is 3.73. The van der Waals surface area contributed by atoms with Gasteiger partial charge in [0.05, 0.1) is 17.2 Å². The molecule has 0 saturated carbocycles. The van der Waals surface area contributed by atoms with Crippen molar-refractivity contribution in [2.45, 2.75) is 26.9 Å². The summed E-state index contributed by atoms with van der Waals surface area (Å²) in [7, 11) is 0. The Morgan fingerprint density at radius 1 is 1.25 bits per heavy atom. The smallest absolute Gasteiger partial charge is 0.119 e. The van der Waals surface area contributed by atoms with E-state index in [9.17, 15) is 0 Å². The van der Waals surface area contributed by atoms with Gasteiger partial charge < -0.3 is 5.11 Å². The maximum Gasteiger partial charge on any atom is 0.119 e. The number of aliphatic hydroxyl groups excluding tert-OH is 1. The molecule has 1 N–H and O–H groups in total. The number of rotatable bonds is 3. The van der Waals surface area contributed by atoms with Crippen molar-refractivity contribution in [1.82, 2.24) is 4.98 Å². The summed E-state index contributed by atoms with van der Waals surface area (Å²) in [5.41, 5.74) is 3.53. The molecule has 84 valence electrons. The summed E-state index contributed by atoms with van der Waals surface area (Å²) in [4.78, 5) is 5.48. The molecule has 0 bridgehead atoms. The molecule has 0 amide bonds. The first kappa shape index (κ1) is 11.3. The minimum Gasteiger partial charge on any atom is -0.389 e. The average Bonchev–Trinajstić information content (AvgIpc) is 2.71. The number of hydrogen-bond donors (Lipinski definition) is 1. The van der Waals surface area contributed by atoms with Crippen LogP contribution in [0, 0.1) is 6.92 Å². The van der Waals surface area contributed by atoms with Gasteiger partial charge in [0.15, 0.2) is 0 Å². The lowest BCUT2D eigenvalue weighted by molar-refractivity contribution is 0.281.